The van der Waals surface area contributed by atoms with E-state index < -0.39 is 17.7 Å². The standard InChI is InChI=1S/C27H23F4N3O3S2/c1-16-5-3-4-6-20(16)21-10-9-18(13-22(21)27(28,29)30)26-32-25(33-37-26)17-7-8-19(23(14-17)38-39-31)15-34(2)12-11-24(35)36/h3-10,13-14H,11-12,15H2,1-2H3,(H,35,36). The number of hydrogen-bond donors (Lipinski definition) is 1. The molecule has 0 fully saturated rings. The average molecular weight is 578 g/mol. The fourth-order valence-corrected chi connectivity index (χ4v) is 5.22. The van der Waals surface area contributed by atoms with Gasteiger partial charge in [-0.05, 0) is 65.2 Å². The first kappa shape index (κ1) is 28.7. The lowest BCUT2D eigenvalue weighted by atomic mass is 9.94. The Hall–Kier alpha value is -3.35. The predicted octanol–water partition coefficient (Wildman–Crippen LogP) is 7.93. The van der Waals surface area contributed by atoms with Gasteiger partial charge in [-0.25, -0.2) is 0 Å². The lowest BCUT2D eigenvalue weighted by Gasteiger charge is -2.17. The molecule has 4 rings (SSSR count). The monoisotopic (exact) mass is 577 g/mol. The van der Waals surface area contributed by atoms with Gasteiger partial charge in [0.25, 0.3) is 5.89 Å². The van der Waals surface area contributed by atoms with Gasteiger partial charge in [-0.3, -0.25) is 4.79 Å². The van der Waals surface area contributed by atoms with Gasteiger partial charge in [-0.1, -0.05) is 47.6 Å². The number of carboxylic acid groups (broad SMARTS) is 1. The molecular weight excluding hydrogens is 554 g/mol. The van der Waals surface area contributed by atoms with Crippen molar-refractivity contribution >= 4 is 27.9 Å². The number of rotatable bonds is 10. The Morgan fingerprint density at radius 3 is 2.49 bits per heavy atom. The minimum absolute atomic E-state index is 0.0253. The molecule has 1 heterocycles. The third-order valence-corrected chi connectivity index (χ3v) is 7.38. The highest BCUT2D eigenvalue weighted by Gasteiger charge is 2.34. The highest BCUT2D eigenvalue weighted by molar-refractivity contribution is 8.74. The molecule has 0 atom stereocenters. The number of carbonyl (C=O) groups is 1. The second kappa shape index (κ2) is 12.2. The van der Waals surface area contributed by atoms with Gasteiger partial charge in [-0.15, -0.1) is 0 Å². The lowest BCUT2D eigenvalue weighted by Crippen LogP contribution is -2.21. The molecule has 0 radical (unpaired) electrons. The molecule has 4 aromatic rings. The topological polar surface area (TPSA) is 79.5 Å². The summed E-state index contributed by atoms with van der Waals surface area (Å²) >= 11 is 0.0577. The van der Waals surface area contributed by atoms with E-state index in [-0.39, 0.29) is 40.4 Å². The first-order valence-electron chi connectivity index (χ1n) is 11.7. The summed E-state index contributed by atoms with van der Waals surface area (Å²) in [6.45, 7) is 2.46. The minimum Gasteiger partial charge on any atom is -0.481 e. The van der Waals surface area contributed by atoms with Crippen molar-refractivity contribution in [3.63, 3.8) is 0 Å². The predicted molar refractivity (Wildman–Crippen MR) is 143 cm³/mol. The first-order valence-corrected chi connectivity index (χ1v) is 13.7. The summed E-state index contributed by atoms with van der Waals surface area (Å²) in [5.41, 5.74) is 1.81. The van der Waals surface area contributed by atoms with Gasteiger partial charge in [0, 0.05) is 29.1 Å². The Morgan fingerprint density at radius 1 is 1.05 bits per heavy atom. The van der Waals surface area contributed by atoms with Crippen LogP contribution in [0.1, 0.15) is 23.1 Å². The van der Waals surface area contributed by atoms with E-state index in [1.807, 2.05) is 0 Å². The Balaban J connectivity index is 1.64. The van der Waals surface area contributed by atoms with E-state index in [0.29, 0.717) is 34.7 Å². The second-order valence-electron chi connectivity index (χ2n) is 8.85. The zero-order valence-electron chi connectivity index (χ0n) is 20.8. The Morgan fingerprint density at radius 2 is 1.79 bits per heavy atom. The van der Waals surface area contributed by atoms with E-state index in [1.165, 1.54) is 12.1 Å². The van der Waals surface area contributed by atoms with E-state index in [4.69, 9.17) is 9.63 Å². The van der Waals surface area contributed by atoms with Crippen molar-refractivity contribution < 1.29 is 31.5 Å². The highest BCUT2D eigenvalue weighted by atomic mass is 33.1. The van der Waals surface area contributed by atoms with Gasteiger partial charge < -0.3 is 14.5 Å². The van der Waals surface area contributed by atoms with Gasteiger partial charge in [-0.2, -0.15) is 22.0 Å². The summed E-state index contributed by atoms with van der Waals surface area (Å²) in [7, 11) is 2.64. The SMILES string of the molecule is Cc1ccccc1-c1ccc(-c2nc(-c3ccc(CN(C)CCC(=O)O)c(SSF)c3)no2)cc1C(F)(F)F. The number of carboxylic acids is 1. The number of halogens is 4. The molecule has 6 nitrogen and oxygen atoms in total. The molecule has 0 amide bonds. The van der Waals surface area contributed by atoms with Crippen LogP contribution in [0.3, 0.4) is 0 Å². The van der Waals surface area contributed by atoms with Crippen LogP contribution in [0.25, 0.3) is 34.0 Å². The molecule has 0 saturated carbocycles. The quantitative estimate of drug-likeness (QED) is 0.150. The van der Waals surface area contributed by atoms with Crippen LogP contribution in [0, 0.1) is 6.92 Å². The Labute approximate surface area is 230 Å². The minimum atomic E-state index is -4.61. The zero-order chi connectivity index (χ0) is 28.2. The maximum atomic E-state index is 14.0. The zero-order valence-corrected chi connectivity index (χ0v) is 22.5. The van der Waals surface area contributed by atoms with E-state index in [0.717, 1.165) is 22.4 Å². The summed E-state index contributed by atoms with van der Waals surface area (Å²) in [6.07, 6.45) is -4.64. The largest absolute Gasteiger partial charge is 0.481 e. The summed E-state index contributed by atoms with van der Waals surface area (Å²) in [5, 5.41) is 12.8. The smallest absolute Gasteiger partial charge is 0.417 e. The molecule has 39 heavy (non-hydrogen) atoms. The molecule has 3 aromatic carbocycles. The summed E-state index contributed by atoms with van der Waals surface area (Å²) in [6, 6.07) is 15.9. The van der Waals surface area contributed by atoms with Gasteiger partial charge in [0.1, 0.15) is 11.2 Å². The van der Waals surface area contributed by atoms with Crippen molar-refractivity contribution in [2.45, 2.75) is 31.0 Å². The van der Waals surface area contributed by atoms with Crippen LogP contribution < -0.4 is 0 Å². The molecular formula is C27H23F4N3O3S2. The van der Waals surface area contributed by atoms with Gasteiger partial charge >= 0.3 is 12.1 Å². The van der Waals surface area contributed by atoms with E-state index in [1.54, 1.807) is 61.3 Å². The summed E-state index contributed by atoms with van der Waals surface area (Å²) in [4.78, 5) is 17.5. The third-order valence-electron chi connectivity index (χ3n) is 6.03. The maximum absolute atomic E-state index is 14.0. The summed E-state index contributed by atoms with van der Waals surface area (Å²) in [5.74, 6) is -0.859. The lowest BCUT2D eigenvalue weighted by molar-refractivity contribution is -0.138. The summed E-state index contributed by atoms with van der Waals surface area (Å²) < 4.78 is 60.6. The van der Waals surface area contributed by atoms with Crippen molar-refractivity contribution in [3.8, 4) is 34.0 Å². The molecule has 1 aromatic heterocycles. The van der Waals surface area contributed by atoms with Crippen LogP contribution in [0.15, 0.2) is 70.1 Å². The molecule has 0 saturated heterocycles. The van der Waals surface area contributed by atoms with Crippen LogP contribution in [0.4, 0.5) is 17.1 Å². The Kier molecular flexibility index (Phi) is 8.98. The van der Waals surface area contributed by atoms with Gasteiger partial charge in [0.15, 0.2) is 0 Å². The molecule has 1 N–H and O–H groups in total. The molecule has 204 valence electrons. The molecule has 0 spiro atoms. The van der Waals surface area contributed by atoms with Crippen LogP contribution in [-0.4, -0.2) is 39.7 Å². The number of aromatic nitrogens is 2. The van der Waals surface area contributed by atoms with Crippen LogP contribution in [0.5, 0.6) is 0 Å². The maximum Gasteiger partial charge on any atom is 0.417 e. The average Bonchev–Trinajstić information content (AvgIpc) is 3.38. The third kappa shape index (κ3) is 7.00. The number of aryl methyl sites for hydroxylation is 1. The molecule has 0 aliphatic carbocycles. The van der Waals surface area contributed by atoms with Crippen LogP contribution >= 0.6 is 22.0 Å². The number of hydrogen-bond acceptors (Lipinski definition) is 7. The van der Waals surface area contributed by atoms with Crippen molar-refractivity contribution in [1.82, 2.24) is 15.0 Å². The number of nitrogens with zero attached hydrogens (tertiary/aromatic N) is 3. The van der Waals surface area contributed by atoms with E-state index in [2.05, 4.69) is 10.1 Å². The number of benzene rings is 3. The fourth-order valence-electron chi connectivity index (χ4n) is 4.07. The van der Waals surface area contributed by atoms with Crippen LogP contribution in [0.2, 0.25) is 0 Å². The van der Waals surface area contributed by atoms with E-state index >= 15 is 0 Å². The molecule has 0 aliphatic heterocycles. The second-order valence-corrected chi connectivity index (χ2v) is 10.5. The van der Waals surface area contributed by atoms with Crippen molar-refractivity contribution in [1.29, 1.82) is 0 Å². The van der Waals surface area contributed by atoms with Gasteiger partial charge in [0.05, 0.1) is 12.0 Å². The van der Waals surface area contributed by atoms with Gasteiger partial charge in [0.2, 0.25) is 5.82 Å². The fraction of sp³-hybridized carbons (Fsp3) is 0.222. The van der Waals surface area contributed by atoms with Crippen LogP contribution in [-0.2, 0) is 17.5 Å². The normalized spacial score (nSPS) is 11.8. The van der Waals surface area contributed by atoms with Crippen molar-refractivity contribution in [2.24, 2.45) is 0 Å². The molecule has 12 heteroatoms. The molecule has 0 unspecified atom stereocenters. The van der Waals surface area contributed by atoms with Crippen molar-refractivity contribution in [3.05, 3.63) is 77.4 Å². The van der Waals surface area contributed by atoms with E-state index in [9.17, 15) is 21.9 Å². The number of aliphatic carboxylic acids is 1. The van der Waals surface area contributed by atoms with Crippen molar-refractivity contribution in [2.75, 3.05) is 13.6 Å². The molecule has 0 aliphatic rings. The Bertz CT molecular complexity index is 1480. The first-order chi connectivity index (χ1) is 18.6. The highest BCUT2D eigenvalue weighted by Crippen LogP contribution is 2.41. The number of alkyl halides is 3. The molecule has 0 bridgehead atoms.